The first kappa shape index (κ1) is 23.9. The maximum Gasteiger partial charge on any atom is 0.411 e. The third kappa shape index (κ3) is 5.48. The fraction of sp³-hybridized carbons (Fsp3) is 0.222. The third-order valence-electron chi connectivity index (χ3n) is 5.76. The van der Waals surface area contributed by atoms with E-state index in [2.05, 4.69) is 10.6 Å². The largest absolute Gasteiger partial charge is 0.438 e. The molecule has 0 bridgehead atoms. The van der Waals surface area contributed by atoms with E-state index in [0.29, 0.717) is 28.9 Å². The molecule has 1 fully saturated rings. The highest BCUT2D eigenvalue weighted by atomic mass is 19.1. The van der Waals surface area contributed by atoms with E-state index in [9.17, 15) is 18.8 Å². The van der Waals surface area contributed by atoms with E-state index >= 15 is 0 Å². The van der Waals surface area contributed by atoms with Crippen molar-refractivity contribution in [3.05, 3.63) is 101 Å². The van der Waals surface area contributed by atoms with Gasteiger partial charge in [-0.15, -0.1) is 0 Å². The van der Waals surface area contributed by atoms with E-state index in [4.69, 9.17) is 4.74 Å². The number of nitrogens with zero attached hydrogens (tertiary/aromatic N) is 1. The van der Waals surface area contributed by atoms with Gasteiger partial charge < -0.3 is 15.4 Å². The number of aryl methyl sites for hydroxylation is 1. The zero-order valence-corrected chi connectivity index (χ0v) is 19.5. The Hall–Kier alpha value is -4.20. The molecule has 3 aromatic rings. The van der Waals surface area contributed by atoms with Crippen molar-refractivity contribution in [1.82, 2.24) is 10.2 Å². The van der Waals surface area contributed by atoms with Gasteiger partial charge in [0.2, 0.25) is 5.91 Å². The summed E-state index contributed by atoms with van der Waals surface area (Å²) in [5, 5.41) is 5.61. The number of nitrogens with one attached hydrogen (secondary N) is 2. The van der Waals surface area contributed by atoms with Crippen LogP contribution in [0.3, 0.4) is 0 Å². The van der Waals surface area contributed by atoms with Crippen LogP contribution in [-0.4, -0.2) is 35.4 Å². The monoisotopic (exact) mass is 475 g/mol. The summed E-state index contributed by atoms with van der Waals surface area (Å²) in [6.07, 6.45) is -1.53. The molecular weight excluding hydrogens is 449 g/mol. The topological polar surface area (TPSA) is 87.7 Å². The molecule has 0 spiro atoms. The number of cyclic esters (lactones) is 1. The molecule has 0 unspecified atom stereocenters. The van der Waals surface area contributed by atoms with Crippen LogP contribution in [0.25, 0.3) is 0 Å². The van der Waals surface area contributed by atoms with E-state index in [1.807, 2.05) is 19.1 Å². The van der Waals surface area contributed by atoms with Gasteiger partial charge in [-0.1, -0.05) is 42.0 Å². The number of halogens is 1. The summed E-state index contributed by atoms with van der Waals surface area (Å²) in [6.45, 7) is 4.20. The lowest BCUT2D eigenvalue weighted by molar-refractivity contribution is -0.126. The first-order valence-electron chi connectivity index (χ1n) is 11.3. The van der Waals surface area contributed by atoms with E-state index in [1.165, 1.54) is 17.0 Å². The summed E-state index contributed by atoms with van der Waals surface area (Å²) in [7, 11) is 0. The molecule has 1 heterocycles. The normalized spacial score (nSPS) is 17.1. The number of benzene rings is 3. The molecule has 2 atom stereocenters. The first-order chi connectivity index (χ1) is 16.9. The summed E-state index contributed by atoms with van der Waals surface area (Å²) in [6, 6.07) is 18.9. The van der Waals surface area contributed by atoms with Crippen molar-refractivity contribution in [1.29, 1.82) is 0 Å². The van der Waals surface area contributed by atoms with Crippen LogP contribution in [0.15, 0.2) is 72.8 Å². The lowest BCUT2D eigenvalue weighted by Gasteiger charge is -2.24. The number of hydrogen-bond donors (Lipinski definition) is 2. The quantitative estimate of drug-likeness (QED) is 0.524. The van der Waals surface area contributed by atoms with Crippen LogP contribution in [0, 0.1) is 12.7 Å². The molecule has 1 aliphatic heterocycles. The highest BCUT2D eigenvalue weighted by Gasteiger charge is 2.46. The molecule has 1 aliphatic rings. The number of rotatable bonds is 7. The van der Waals surface area contributed by atoms with Crippen molar-refractivity contribution in [2.75, 3.05) is 11.9 Å². The lowest BCUT2D eigenvalue weighted by Crippen LogP contribution is -2.46. The molecular formula is C27H26FN3O4. The average Bonchev–Trinajstić information content (AvgIpc) is 3.17. The molecule has 0 saturated carbocycles. The minimum atomic E-state index is -0.935. The predicted molar refractivity (Wildman–Crippen MR) is 129 cm³/mol. The van der Waals surface area contributed by atoms with Gasteiger partial charge in [-0.05, 0) is 61.4 Å². The highest BCUT2D eigenvalue weighted by Crippen LogP contribution is 2.35. The number of anilines is 1. The van der Waals surface area contributed by atoms with Gasteiger partial charge in [0.1, 0.15) is 5.82 Å². The van der Waals surface area contributed by atoms with Crippen LogP contribution in [0.5, 0.6) is 0 Å². The van der Waals surface area contributed by atoms with Crippen molar-refractivity contribution < 1.29 is 23.5 Å². The summed E-state index contributed by atoms with van der Waals surface area (Å²) >= 11 is 0. The molecule has 1 saturated heterocycles. The SMILES string of the molecule is CCNC(=O)[C@@H]1[C@@H](c2cccc(NC(=O)c3ccc(C)cc3)c2)OC(=O)N1Cc1ccc(F)cc1. The zero-order valence-electron chi connectivity index (χ0n) is 19.5. The fourth-order valence-corrected chi connectivity index (χ4v) is 3.98. The van der Waals surface area contributed by atoms with Gasteiger partial charge in [-0.25, -0.2) is 9.18 Å². The predicted octanol–water partition coefficient (Wildman–Crippen LogP) is 4.58. The number of likely N-dealkylation sites (N-methyl/N-ethyl adjacent to an activating group) is 1. The smallest absolute Gasteiger partial charge is 0.411 e. The summed E-state index contributed by atoms with van der Waals surface area (Å²) in [5.74, 6) is -1.02. The van der Waals surface area contributed by atoms with Crippen LogP contribution in [0.1, 0.15) is 40.1 Å². The summed E-state index contributed by atoms with van der Waals surface area (Å²) in [5.41, 5.74) is 3.30. The summed E-state index contributed by atoms with van der Waals surface area (Å²) in [4.78, 5) is 39.8. The van der Waals surface area contributed by atoms with Crippen LogP contribution < -0.4 is 10.6 Å². The van der Waals surface area contributed by atoms with Crippen LogP contribution in [-0.2, 0) is 16.1 Å². The maximum absolute atomic E-state index is 13.3. The second-order valence-corrected chi connectivity index (χ2v) is 8.34. The molecule has 7 nitrogen and oxygen atoms in total. The van der Waals surface area contributed by atoms with Crippen molar-refractivity contribution in [2.45, 2.75) is 32.5 Å². The van der Waals surface area contributed by atoms with Crippen LogP contribution in [0.4, 0.5) is 14.9 Å². The van der Waals surface area contributed by atoms with Crippen molar-refractivity contribution in [2.24, 2.45) is 0 Å². The van der Waals surface area contributed by atoms with Crippen LogP contribution in [0.2, 0.25) is 0 Å². The summed E-state index contributed by atoms with van der Waals surface area (Å²) < 4.78 is 19.0. The van der Waals surface area contributed by atoms with Crippen molar-refractivity contribution >= 4 is 23.6 Å². The Kier molecular flexibility index (Phi) is 7.10. The van der Waals surface area contributed by atoms with Gasteiger partial charge in [0, 0.05) is 17.8 Å². The number of carbonyl (C=O) groups is 3. The van der Waals surface area contributed by atoms with Crippen LogP contribution >= 0.6 is 0 Å². The van der Waals surface area contributed by atoms with Gasteiger partial charge in [-0.2, -0.15) is 0 Å². The molecule has 35 heavy (non-hydrogen) atoms. The van der Waals surface area contributed by atoms with Gasteiger partial charge in [-0.3, -0.25) is 14.5 Å². The Bertz CT molecular complexity index is 1230. The van der Waals surface area contributed by atoms with Gasteiger partial charge in [0.05, 0.1) is 6.54 Å². The molecule has 3 amide bonds. The molecule has 0 aromatic heterocycles. The lowest BCUT2D eigenvalue weighted by atomic mass is 10.00. The highest BCUT2D eigenvalue weighted by molar-refractivity contribution is 6.04. The Balaban J connectivity index is 1.58. The molecule has 8 heteroatoms. The van der Waals surface area contributed by atoms with Gasteiger partial charge in [0.25, 0.3) is 5.91 Å². The van der Waals surface area contributed by atoms with Crippen molar-refractivity contribution in [3.8, 4) is 0 Å². The van der Waals surface area contributed by atoms with Gasteiger partial charge >= 0.3 is 6.09 Å². The van der Waals surface area contributed by atoms with Gasteiger partial charge in [0.15, 0.2) is 12.1 Å². The molecule has 180 valence electrons. The molecule has 0 aliphatic carbocycles. The fourth-order valence-electron chi connectivity index (χ4n) is 3.98. The second-order valence-electron chi connectivity index (χ2n) is 8.34. The first-order valence-corrected chi connectivity index (χ1v) is 11.3. The molecule has 2 N–H and O–H groups in total. The minimum Gasteiger partial charge on any atom is -0.438 e. The maximum atomic E-state index is 13.3. The number of ether oxygens (including phenoxy) is 1. The van der Waals surface area contributed by atoms with E-state index in [-0.39, 0.29) is 24.2 Å². The average molecular weight is 476 g/mol. The van der Waals surface area contributed by atoms with Crippen molar-refractivity contribution in [3.63, 3.8) is 0 Å². The molecule has 4 rings (SSSR count). The molecule has 0 radical (unpaired) electrons. The Morgan fingerprint density at radius 2 is 1.74 bits per heavy atom. The van der Waals surface area contributed by atoms with E-state index in [1.54, 1.807) is 55.5 Å². The molecule has 3 aromatic carbocycles. The standard InChI is InChI=1S/C27H26FN3O4/c1-3-29-26(33)23-24(35-27(34)31(23)16-18-9-13-21(28)14-10-18)20-5-4-6-22(15-20)30-25(32)19-11-7-17(2)8-12-19/h4-15,23-24H,3,16H2,1-2H3,(H,29,33)(H,30,32)/t23-,24+/m0/s1. The van der Waals surface area contributed by atoms with E-state index < -0.39 is 18.2 Å². The second kappa shape index (κ2) is 10.4. The third-order valence-corrected chi connectivity index (χ3v) is 5.76. The number of carbonyl (C=O) groups excluding carboxylic acids is 3. The number of hydrogen-bond acceptors (Lipinski definition) is 4. The zero-order chi connectivity index (χ0) is 24.9. The minimum absolute atomic E-state index is 0.0846. The Morgan fingerprint density at radius 3 is 2.43 bits per heavy atom. The Labute approximate surface area is 202 Å². The Morgan fingerprint density at radius 1 is 1.03 bits per heavy atom. The van der Waals surface area contributed by atoms with E-state index in [0.717, 1.165) is 5.56 Å². The number of amides is 3.